The fourth-order valence-electron chi connectivity index (χ4n) is 2.12. The van der Waals surface area contributed by atoms with E-state index in [0.29, 0.717) is 11.3 Å². The van der Waals surface area contributed by atoms with Gasteiger partial charge in [0, 0.05) is 6.04 Å². The molecule has 0 saturated heterocycles. The monoisotopic (exact) mass is 315 g/mol. The maximum atomic E-state index is 12.3. The molecule has 0 aliphatic heterocycles. The Morgan fingerprint density at radius 1 is 1.00 bits per heavy atom. The zero-order valence-electron chi connectivity index (χ0n) is 12.6. The minimum Gasteiger partial charge on any atom is -0.208 e. The molecule has 0 aliphatic carbocycles. The summed E-state index contributed by atoms with van der Waals surface area (Å²) in [5, 5.41) is 0. The van der Waals surface area contributed by atoms with Gasteiger partial charge < -0.3 is 0 Å². The molecule has 0 amide bonds. The van der Waals surface area contributed by atoms with Crippen LogP contribution in [0, 0.1) is 0 Å². The van der Waals surface area contributed by atoms with Crippen molar-refractivity contribution in [2.24, 2.45) is 0 Å². The molecule has 116 valence electrons. The molecule has 2 aromatic carbocycles. The van der Waals surface area contributed by atoms with E-state index in [-0.39, 0.29) is 6.04 Å². The molecule has 2 rings (SSSR count). The fourth-order valence-corrected chi connectivity index (χ4v) is 3.47. The molecule has 0 aromatic heterocycles. The summed E-state index contributed by atoms with van der Waals surface area (Å²) in [6.07, 6.45) is 5.43. The second kappa shape index (κ2) is 7.92. The Morgan fingerprint density at radius 3 is 2.18 bits per heavy atom. The lowest BCUT2D eigenvalue weighted by Gasteiger charge is -2.15. The maximum Gasteiger partial charge on any atom is 0.240 e. The summed E-state index contributed by atoms with van der Waals surface area (Å²) in [4.78, 5) is 0.306. The van der Waals surface area contributed by atoms with E-state index in [0.717, 1.165) is 12.0 Å². The molecule has 0 spiro atoms. The van der Waals surface area contributed by atoms with E-state index in [2.05, 4.69) is 4.72 Å². The molecule has 2 aromatic rings. The summed E-state index contributed by atoms with van der Waals surface area (Å²) in [5.74, 6) is 0. The summed E-state index contributed by atoms with van der Waals surface area (Å²) in [5.41, 5.74) is 1.11. The first-order chi connectivity index (χ1) is 10.6. The van der Waals surface area contributed by atoms with Crippen molar-refractivity contribution in [3.05, 3.63) is 72.3 Å². The highest BCUT2D eigenvalue weighted by molar-refractivity contribution is 7.89. The van der Waals surface area contributed by atoms with Crippen LogP contribution in [0.5, 0.6) is 0 Å². The molecular formula is C18H21NO2S. The van der Waals surface area contributed by atoms with Gasteiger partial charge in [0.1, 0.15) is 0 Å². The second-order valence-electron chi connectivity index (χ2n) is 5.09. The van der Waals surface area contributed by atoms with Gasteiger partial charge in [-0.2, -0.15) is 0 Å². The average Bonchev–Trinajstić information content (AvgIpc) is 2.55. The van der Waals surface area contributed by atoms with Crippen LogP contribution in [0.1, 0.15) is 25.3 Å². The SMILES string of the molecule is CCC(C/C=C/c1ccccc1)NS(=O)(=O)c1ccccc1. The Kier molecular flexibility index (Phi) is 5.92. The minimum atomic E-state index is -3.45. The Balaban J connectivity index is 1.99. The molecule has 0 fully saturated rings. The van der Waals surface area contributed by atoms with E-state index in [1.807, 2.05) is 49.4 Å². The molecule has 1 unspecified atom stereocenters. The number of benzene rings is 2. The molecule has 0 saturated carbocycles. The van der Waals surface area contributed by atoms with Gasteiger partial charge in [0.25, 0.3) is 0 Å². The lowest BCUT2D eigenvalue weighted by molar-refractivity contribution is 0.541. The molecule has 0 heterocycles. The standard InChI is InChI=1S/C18H21NO2S/c1-2-17(13-9-12-16-10-5-3-6-11-16)19-22(20,21)18-14-7-4-8-15-18/h3-12,14-15,17,19H,2,13H2,1H3/b12-9+. The van der Waals surface area contributed by atoms with Gasteiger partial charge in [0.15, 0.2) is 0 Å². The number of nitrogens with one attached hydrogen (secondary N) is 1. The summed E-state index contributed by atoms with van der Waals surface area (Å²) in [6.45, 7) is 1.98. The van der Waals surface area contributed by atoms with Crippen molar-refractivity contribution in [3.8, 4) is 0 Å². The van der Waals surface area contributed by atoms with Crippen LogP contribution in [0.4, 0.5) is 0 Å². The summed E-state index contributed by atoms with van der Waals surface area (Å²) in [6, 6.07) is 18.3. The maximum absolute atomic E-state index is 12.3. The lowest BCUT2D eigenvalue weighted by Crippen LogP contribution is -2.33. The van der Waals surface area contributed by atoms with Crippen molar-refractivity contribution in [2.75, 3.05) is 0 Å². The van der Waals surface area contributed by atoms with Crippen LogP contribution in [-0.2, 0) is 10.0 Å². The number of hydrogen-bond acceptors (Lipinski definition) is 2. The van der Waals surface area contributed by atoms with Crippen molar-refractivity contribution in [3.63, 3.8) is 0 Å². The van der Waals surface area contributed by atoms with Gasteiger partial charge in [-0.3, -0.25) is 0 Å². The van der Waals surface area contributed by atoms with Crippen LogP contribution in [0.3, 0.4) is 0 Å². The van der Waals surface area contributed by atoms with Crippen molar-refractivity contribution < 1.29 is 8.42 Å². The predicted octanol–water partition coefficient (Wildman–Crippen LogP) is 3.85. The highest BCUT2D eigenvalue weighted by Crippen LogP contribution is 2.11. The Labute approximate surface area is 132 Å². The highest BCUT2D eigenvalue weighted by Gasteiger charge is 2.17. The first-order valence-electron chi connectivity index (χ1n) is 7.41. The number of sulfonamides is 1. The quantitative estimate of drug-likeness (QED) is 0.843. The number of hydrogen-bond donors (Lipinski definition) is 1. The minimum absolute atomic E-state index is 0.106. The molecule has 1 atom stereocenters. The normalized spacial score (nSPS) is 13.3. The third kappa shape index (κ3) is 4.83. The molecule has 3 nitrogen and oxygen atoms in total. The van der Waals surface area contributed by atoms with Crippen LogP contribution in [0.2, 0.25) is 0 Å². The van der Waals surface area contributed by atoms with Crippen LogP contribution in [0.15, 0.2) is 71.6 Å². The average molecular weight is 315 g/mol. The van der Waals surface area contributed by atoms with Gasteiger partial charge in [-0.1, -0.05) is 67.6 Å². The first kappa shape index (κ1) is 16.5. The van der Waals surface area contributed by atoms with Gasteiger partial charge in [0.05, 0.1) is 4.90 Å². The zero-order valence-corrected chi connectivity index (χ0v) is 13.5. The van der Waals surface area contributed by atoms with Gasteiger partial charge in [-0.25, -0.2) is 13.1 Å². The lowest BCUT2D eigenvalue weighted by atomic mass is 10.1. The van der Waals surface area contributed by atoms with Gasteiger partial charge in [0.2, 0.25) is 10.0 Å². The predicted molar refractivity (Wildman–Crippen MR) is 90.9 cm³/mol. The molecule has 4 heteroatoms. The van der Waals surface area contributed by atoms with E-state index in [4.69, 9.17) is 0 Å². The number of rotatable bonds is 7. The molecule has 1 N–H and O–H groups in total. The van der Waals surface area contributed by atoms with Crippen LogP contribution in [-0.4, -0.2) is 14.5 Å². The zero-order chi connectivity index (χ0) is 15.8. The Morgan fingerprint density at radius 2 is 1.59 bits per heavy atom. The fraction of sp³-hybridized carbons (Fsp3) is 0.222. The molecule has 0 bridgehead atoms. The van der Waals surface area contributed by atoms with E-state index in [1.54, 1.807) is 30.3 Å². The largest absolute Gasteiger partial charge is 0.240 e. The van der Waals surface area contributed by atoms with Crippen LogP contribution in [0.25, 0.3) is 6.08 Å². The van der Waals surface area contributed by atoms with Crippen molar-refractivity contribution >= 4 is 16.1 Å². The third-order valence-electron chi connectivity index (χ3n) is 3.40. The second-order valence-corrected chi connectivity index (χ2v) is 6.80. The molecule has 0 aliphatic rings. The van der Waals surface area contributed by atoms with E-state index in [9.17, 15) is 8.42 Å². The Bertz CT molecular complexity index is 694. The summed E-state index contributed by atoms with van der Waals surface area (Å²) >= 11 is 0. The molecule has 22 heavy (non-hydrogen) atoms. The topological polar surface area (TPSA) is 46.2 Å². The van der Waals surface area contributed by atoms with Crippen molar-refractivity contribution in [1.82, 2.24) is 4.72 Å². The van der Waals surface area contributed by atoms with Crippen molar-refractivity contribution in [1.29, 1.82) is 0 Å². The first-order valence-corrected chi connectivity index (χ1v) is 8.89. The third-order valence-corrected chi connectivity index (χ3v) is 4.93. The van der Waals surface area contributed by atoms with Crippen LogP contribution >= 0.6 is 0 Å². The van der Waals surface area contributed by atoms with Gasteiger partial charge >= 0.3 is 0 Å². The highest BCUT2D eigenvalue weighted by atomic mass is 32.2. The smallest absolute Gasteiger partial charge is 0.208 e. The van der Waals surface area contributed by atoms with E-state index >= 15 is 0 Å². The van der Waals surface area contributed by atoms with Crippen LogP contribution < -0.4 is 4.72 Å². The van der Waals surface area contributed by atoms with Crippen molar-refractivity contribution in [2.45, 2.75) is 30.7 Å². The van der Waals surface area contributed by atoms with E-state index in [1.165, 1.54) is 0 Å². The summed E-state index contributed by atoms with van der Waals surface area (Å²) < 4.78 is 27.4. The molecule has 0 radical (unpaired) electrons. The summed E-state index contributed by atoms with van der Waals surface area (Å²) in [7, 11) is -3.45. The Hall–Kier alpha value is -1.91. The molecular weight excluding hydrogens is 294 g/mol. The van der Waals surface area contributed by atoms with Gasteiger partial charge in [-0.15, -0.1) is 0 Å². The van der Waals surface area contributed by atoms with Gasteiger partial charge in [-0.05, 0) is 30.5 Å². The van der Waals surface area contributed by atoms with E-state index < -0.39 is 10.0 Å².